The fourth-order valence-corrected chi connectivity index (χ4v) is 2.80. The van der Waals surface area contributed by atoms with Crippen molar-refractivity contribution in [1.82, 2.24) is 20.2 Å². The fourth-order valence-electron chi connectivity index (χ4n) is 2.80. The lowest BCUT2D eigenvalue weighted by Gasteiger charge is -2.20. The van der Waals surface area contributed by atoms with Crippen molar-refractivity contribution in [2.45, 2.75) is 38.0 Å². The third-order valence-corrected chi connectivity index (χ3v) is 3.89. The first-order valence-electron chi connectivity index (χ1n) is 6.98. The monoisotopic (exact) mass is 290 g/mol. The highest BCUT2D eigenvalue weighted by Crippen LogP contribution is 2.32. The summed E-state index contributed by atoms with van der Waals surface area (Å²) in [7, 11) is 0. The Morgan fingerprint density at radius 1 is 1.29 bits per heavy atom. The van der Waals surface area contributed by atoms with E-state index in [0.717, 1.165) is 37.6 Å². The molecule has 21 heavy (non-hydrogen) atoms. The number of carbonyl (C=O) groups is 1. The first-order chi connectivity index (χ1) is 10.2. The highest BCUT2D eigenvalue weighted by Gasteiger charge is 2.23. The van der Waals surface area contributed by atoms with Gasteiger partial charge in [0, 0.05) is 12.0 Å². The van der Waals surface area contributed by atoms with Crippen LogP contribution < -0.4 is 0 Å². The Morgan fingerprint density at radius 2 is 2.05 bits per heavy atom. The maximum atomic E-state index is 13.8. The Kier molecular flexibility index (Phi) is 3.64. The molecule has 110 valence electrons. The van der Waals surface area contributed by atoms with Crippen LogP contribution in [0.25, 0.3) is 5.69 Å². The molecule has 0 aliphatic heterocycles. The van der Waals surface area contributed by atoms with Crippen molar-refractivity contribution < 1.29 is 14.3 Å². The fraction of sp³-hybridized carbons (Fsp3) is 0.429. The molecule has 1 N–H and O–H groups in total. The van der Waals surface area contributed by atoms with E-state index >= 15 is 0 Å². The summed E-state index contributed by atoms with van der Waals surface area (Å²) in [5, 5.41) is 20.5. The number of aromatic nitrogens is 4. The molecule has 1 aliphatic rings. The van der Waals surface area contributed by atoms with Gasteiger partial charge in [0.1, 0.15) is 5.82 Å². The highest BCUT2D eigenvalue weighted by atomic mass is 19.1. The van der Waals surface area contributed by atoms with Gasteiger partial charge in [-0.1, -0.05) is 19.3 Å². The first-order valence-corrected chi connectivity index (χ1v) is 6.98. The molecule has 1 saturated carbocycles. The quantitative estimate of drug-likeness (QED) is 0.939. The minimum absolute atomic E-state index is 0.274. The Morgan fingerprint density at radius 3 is 2.71 bits per heavy atom. The van der Waals surface area contributed by atoms with E-state index in [1.807, 2.05) is 0 Å². The van der Waals surface area contributed by atoms with Crippen molar-refractivity contribution in [2.24, 2.45) is 0 Å². The van der Waals surface area contributed by atoms with Crippen LogP contribution in [0.3, 0.4) is 0 Å². The van der Waals surface area contributed by atoms with Gasteiger partial charge in [0.15, 0.2) is 5.82 Å². The van der Waals surface area contributed by atoms with Gasteiger partial charge in [0.2, 0.25) is 0 Å². The lowest BCUT2D eigenvalue weighted by atomic mass is 9.88. The van der Waals surface area contributed by atoms with Gasteiger partial charge in [-0.05, 0) is 35.4 Å². The molecule has 1 aliphatic carbocycles. The van der Waals surface area contributed by atoms with Gasteiger partial charge in [0.25, 0.3) is 0 Å². The number of carboxylic acids is 1. The molecule has 0 atom stereocenters. The molecule has 0 radical (unpaired) electrons. The standard InChI is InChI=1S/C14H15FN4O2/c15-12-8-10(6-7-11(12)14(20)21)19-13(16-17-18-19)9-4-2-1-3-5-9/h6-9H,1-5H2,(H,20,21). The van der Waals surface area contributed by atoms with E-state index in [1.54, 1.807) is 0 Å². The Balaban J connectivity index is 1.96. The zero-order chi connectivity index (χ0) is 14.8. The van der Waals surface area contributed by atoms with Gasteiger partial charge in [0.05, 0.1) is 11.3 Å². The second-order valence-corrected chi connectivity index (χ2v) is 5.25. The number of hydrogen-bond acceptors (Lipinski definition) is 4. The molecule has 0 amide bonds. The van der Waals surface area contributed by atoms with Gasteiger partial charge in [-0.15, -0.1) is 5.10 Å². The summed E-state index contributed by atoms with van der Waals surface area (Å²) in [6.07, 6.45) is 5.56. The summed E-state index contributed by atoms with van der Waals surface area (Å²) in [4.78, 5) is 10.8. The van der Waals surface area contributed by atoms with E-state index in [9.17, 15) is 9.18 Å². The van der Waals surface area contributed by atoms with E-state index in [0.29, 0.717) is 5.69 Å². The number of hydrogen-bond donors (Lipinski definition) is 1. The van der Waals surface area contributed by atoms with Crippen LogP contribution in [0.15, 0.2) is 18.2 Å². The number of halogens is 1. The minimum Gasteiger partial charge on any atom is -0.478 e. The predicted octanol–water partition coefficient (Wildman–Crippen LogP) is 2.55. The lowest BCUT2D eigenvalue weighted by Crippen LogP contribution is -2.12. The van der Waals surface area contributed by atoms with Crippen LogP contribution in [-0.4, -0.2) is 31.3 Å². The number of tetrazole rings is 1. The summed E-state index contributed by atoms with van der Waals surface area (Å²) in [5.74, 6) is -1.08. The molecule has 1 aromatic heterocycles. The number of aromatic carboxylic acids is 1. The van der Waals surface area contributed by atoms with Crippen LogP contribution in [0.2, 0.25) is 0 Å². The van der Waals surface area contributed by atoms with Crippen LogP contribution in [0.1, 0.15) is 54.2 Å². The van der Waals surface area contributed by atoms with Gasteiger partial charge < -0.3 is 5.11 Å². The molecule has 0 bridgehead atoms. The van der Waals surface area contributed by atoms with Gasteiger partial charge in [-0.3, -0.25) is 0 Å². The summed E-state index contributed by atoms with van der Waals surface area (Å²) in [6.45, 7) is 0. The zero-order valence-electron chi connectivity index (χ0n) is 11.4. The second kappa shape index (κ2) is 5.59. The van der Waals surface area contributed by atoms with Crippen molar-refractivity contribution in [3.63, 3.8) is 0 Å². The molecule has 1 heterocycles. The summed E-state index contributed by atoms with van der Waals surface area (Å²) < 4.78 is 15.3. The maximum Gasteiger partial charge on any atom is 0.338 e. The molecule has 1 fully saturated rings. The number of nitrogens with zero attached hydrogens (tertiary/aromatic N) is 4. The van der Waals surface area contributed by atoms with Gasteiger partial charge >= 0.3 is 5.97 Å². The Labute approximate surface area is 120 Å². The van der Waals surface area contributed by atoms with Crippen LogP contribution >= 0.6 is 0 Å². The SMILES string of the molecule is O=C(O)c1ccc(-n2nnnc2C2CCCCC2)cc1F. The second-order valence-electron chi connectivity index (χ2n) is 5.25. The molecule has 0 spiro atoms. The average Bonchev–Trinajstić information content (AvgIpc) is 2.97. The lowest BCUT2D eigenvalue weighted by molar-refractivity contribution is 0.0692. The van der Waals surface area contributed by atoms with Crippen LogP contribution in [-0.2, 0) is 0 Å². The van der Waals surface area contributed by atoms with E-state index in [2.05, 4.69) is 15.5 Å². The zero-order valence-corrected chi connectivity index (χ0v) is 11.4. The molecule has 7 heteroatoms. The Hall–Kier alpha value is -2.31. The van der Waals surface area contributed by atoms with E-state index in [-0.39, 0.29) is 11.5 Å². The highest BCUT2D eigenvalue weighted by molar-refractivity contribution is 5.88. The van der Waals surface area contributed by atoms with Crippen molar-refractivity contribution in [3.8, 4) is 5.69 Å². The molecule has 3 rings (SSSR count). The van der Waals surface area contributed by atoms with Crippen LogP contribution in [0.4, 0.5) is 4.39 Å². The normalized spacial score (nSPS) is 16.0. The Bertz CT molecular complexity index is 665. The number of benzene rings is 1. The molecular formula is C14H15FN4O2. The van der Waals surface area contributed by atoms with Crippen molar-refractivity contribution in [2.75, 3.05) is 0 Å². The largest absolute Gasteiger partial charge is 0.478 e. The number of rotatable bonds is 3. The maximum absolute atomic E-state index is 13.8. The third kappa shape index (κ3) is 2.63. The van der Waals surface area contributed by atoms with E-state index in [1.165, 1.54) is 23.2 Å². The molecule has 6 nitrogen and oxygen atoms in total. The van der Waals surface area contributed by atoms with E-state index in [4.69, 9.17) is 5.11 Å². The van der Waals surface area contributed by atoms with Crippen molar-refractivity contribution >= 4 is 5.97 Å². The average molecular weight is 290 g/mol. The third-order valence-electron chi connectivity index (χ3n) is 3.89. The molecule has 2 aromatic rings. The first kappa shape index (κ1) is 13.7. The summed E-state index contributed by atoms with van der Waals surface area (Å²) >= 11 is 0. The molecule has 0 saturated heterocycles. The smallest absolute Gasteiger partial charge is 0.338 e. The number of carboxylic acid groups (broad SMARTS) is 1. The van der Waals surface area contributed by atoms with Crippen molar-refractivity contribution in [3.05, 3.63) is 35.4 Å². The summed E-state index contributed by atoms with van der Waals surface area (Å²) in [6, 6.07) is 3.92. The van der Waals surface area contributed by atoms with Crippen molar-refractivity contribution in [1.29, 1.82) is 0 Å². The molecule has 0 unspecified atom stereocenters. The van der Waals surface area contributed by atoms with E-state index < -0.39 is 11.8 Å². The molecule has 1 aromatic carbocycles. The summed E-state index contributed by atoms with van der Waals surface area (Å²) in [5.41, 5.74) is 0.0918. The minimum atomic E-state index is -1.29. The van der Waals surface area contributed by atoms with Gasteiger partial charge in [-0.25, -0.2) is 9.18 Å². The van der Waals surface area contributed by atoms with Gasteiger partial charge in [-0.2, -0.15) is 4.68 Å². The van der Waals surface area contributed by atoms with Crippen LogP contribution in [0, 0.1) is 5.82 Å². The van der Waals surface area contributed by atoms with Crippen LogP contribution in [0.5, 0.6) is 0 Å². The topological polar surface area (TPSA) is 80.9 Å². The molecular weight excluding hydrogens is 275 g/mol. The predicted molar refractivity (Wildman–Crippen MR) is 71.9 cm³/mol.